The third-order valence-electron chi connectivity index (χ3n) is 5.94. The maximum absolute atomic E-state index is 13.4. The lowest BCUT2D eigenvalue weighted by Crippen LogP contribution is -2.52. The van der Waals surface area contributed by atoms with Crippen LogP contribution in [0.4, 0.5) is 11.4 Å². The summed E-state index contributed by atoms with van der Waals surface area (Å²) in [7, 11) is 0. The van der Waals surface area contributed by atoms with Gasteiger partial charge in [0, 0.05) is 35.4 Å². The quantitative estimate of drug-likeness (QED) is 0.193. The highest BCUT2D eigenvalue weighted by Gasteiger charge is 2.51. The molecular weight excluding hydrogens is 460 g/mol. The van der Waals surface area contributed by atoms with Gasteiger partial charge in [-0.1, -0.05) is 30.4 Å². The van der Waals surface area contributed by atoms with Gasteiger partial charge >= 0.3 is 0 Å². The molecule has 0 radical (unpaired) electrons. The first-order valence-electron chi connectivity index (χ1n) is 10.6. The van der Waals surface area contributed by atoms with Crippen LogP contribution < -0.4 is 0 Å². The summed E-state index contributed by atoms with van der Waals surface area (Å²) in [6, 6.07) is 9.49. The van der Waals surface area contributed by atoms with E-state index in [0.29, 0.717) is 22.9 Å². The Morgan fingerprint density at radius 3 is 1.86 bits per heavy atom. The first kappa shape index (κ1) is 23.4. The van der Waals surface area contributed by atoms with Crippen LogP contribution in [0.2, 0.25) is 0 Å². The van der Waals surface area contributed by atoms with Crippen molar-refractivity contribution >= 4 is 34.9 Å². The molecule has 2 aromatic carbocycles. The first-order valence-corrected chi connectivity index (χ1v) is 10.6. The van der Waals surface area contributed by atoms with E-state index < -0.39 is 57.4 Å². The Morgan fingerprint density at radius 2 is 1.34 bits per heavy atom. The standard InChI is InChI=1S/C23H18N4O8/c28-20(14-5-3-7-16(11-14)26(32)33)13-24(21(29)15-6-4-8-17(12-15)27(34)35)25-22(30)18-9-1-2-10-19(18)23(25)31/h1-8,11-12,18-19H,9-10,13H2/t18-,19+. The lowest BCUT2D eigenvalue weighted by atomic mass is 9.85. The molecule has 1 aliphatic heterocycles. The molecule has 12 nitrogen and oxygen atoms in total. The minimum Gasteiger partial charge on any atom is -0.292 e. The van der Waals surface area contributed by atoms with Gasteiger partial charge in [-0.2, -0.15) is 5.01 Å². The van der Waals surface area contributed by atoms with Gasteiger partial charge in [0.05, 0.1) is 21.7 Å². The van der Waals surface area contributed by atoms with Gasteiger partial charge < -0.3 is 0 Å². The summed E-state index contributed by atoms with van der Waals surface area (Å²) in [5, 5.41) is 23.6. The summed E-state index contributed by atoms with van der Waals surface area (Å²) in [4.78, 5) is 73.6. The van der Waals surface area contributed by atoms with Crippen LogP contribution in [-0.4, -0.2) is 49.9 Å². The van der Waals surface area contributed by atoms with Crippen molar-refractivity contribution in [1.82, 2.24) is 10.0 Å². The third kappa shape index (κ3) is 4.40. The smallest absolute Gasteiger partial charge is 0.273 e. The van der Waals surface area contributed by atoms with E-state index >= 15 is 0 Å². The number of ketones is 1. The number of hydrazine groups is 1. The number of hydrogen-bond acceptors (Lipinski definition) is 8. The number of allylic oxidation sites excluding steroid dienone is 2. The van der Waals surface area contributed by atoms with E-state index in [0.717, 1.165) is 12.1 Å². The molecule has 4 rings (SSSR count). The van der Waals surface area contributed by atoms with Crippen LogP contribution >= 0.6 is 0 Å². The van der Waals surface area contributed by atoms with E-state index in [4.69, 9.17) is 0 Å². The number of rotatable bonds is 7. The summed E-state index contributed by atoms with van der Waals surface area (Å²) in [5.41, 5.74) is -1.05. The number of imide groups is 1. The normalized spacial score (nSPS) is 18.8. The van der Waals surface area contributed by atoms with E-state index in [1.54, 1.807) is 12.2 Å². The number of nitro groups is 2. The Kier molecular flexibility index (Phi) is 6.19. The van der Waals surface area contributed by atoms with Crippen molar-refractivity contribution in [3.05, 3.63) is 92.0 Å². The maximum Gasteiger partial charge on any atom is 0.273 e. The summed E-state index contributed by atoms with van der Waals surface area (Å²) in [5.74, 6) is -4.44. The summed E-state index contributed by atoms with van der Waals surface area (Å²) < 4.78 is 0. The minimum absolute atomic E-state index is 0.103. The van der Waals surface area contributed by atoms with E-state index in [1.165, 1.54) is 36.4 Å². The van der Waals surface area contributed by atoms with Crippen molar-refractivity contribution in [2.75, 3.05) is 6.54 Å². The van der Waals surface area contributed by atoms with Crippen molar-refractivity contribution in [2.24, 2.45) is 11.8 Å². The van der Waals surface area contributed by atoms with Crippen LogP contribution in [0.25, 0.3) is 0 Å². The molecule has 2 aromatic rings. The van der Waals surface area contributed by atoms with Crippen molar-refractivity contribution in [3.63, 3.8) is 0 Å². The van der Waals surface area contributed by atoms with Crippen LogP contribution in [0.15, 0.2) is 60.7 Å². The molecule has 1 saturated heterocycles. The van der Waals surface area contributed by atoms with Crippen LogP contribution in [0.3, 0.4) is 0 Å². The van der Waals surface area contributed by atoms with Gasteiger partial charge in [0.2, 0.25) is 0 Å². The number of amides is 3. The Balaban J connectivity index is 1.72. The molecule has 178 valence electrons. The van der Waals surface area contributed by atoms with Gasteiger partial charge in [0.15, 0.2) is 5.78 Å². The number of benzene rings is 2. The van der Waals surface area contributed by atoms with Crippen LogP contribution in [0.1, 0.15) is 33.6 Å². The second-order valence-corrected chi connectivity index (χ2v) is 8.04. The largest absolute Gasteiger partial charge is 0.292 e. The van der Waals surface area contributed by atoms with Crippen molar-refractivity contribution in [3.8, 4) is 0 Å². The summed E-state index contributed by atoms with van der Waals surface area (Å²) >= 11 is 0. The molecule has 1 fully saturated rings. The van der Waals surface area contributed by atoms with Crippen LogP contribution in [0, 0.1) is 32.1 Å². The average molecular weight is 478 g/mol. The second-order valence-electron chi connectivity index (χ2n) is 8.04. The molecule has 2 atom stereocenters. The second kappa shape index (κ2) is 9.25. The zero-order valence-corrected chi connectivity index (χ0v) is 18.1. The number of carbonyl (C=O) groups is 4. The number of hydrogen-bond donors (Lipinski definition) is 0. The van der Waals surface area contributed by atoms with Crippen molar-refractivity contribution in [1.29, 1.82) is 0 Å². The third-order valence-corrected chi connectivity index (χ3v) is 5.94. The number of nitrogens with zero attached hydrogens (tertiary/aromatic N) is 4. The molecule has 0 bridgehead atoms. The van der Waals surface area contributed by atoms with Gasteiger partial charge in [-0.05, 0) is 18.9 Å². The molecule has 0 spiro atoms. The Hall–Kier alpha value is -4.74. The highest BCUT2D eigenvalue weighted by Crippen LogP contribution is 2.36. The summed E-state index contributed by atoms with van der Waals surface area (Å²) in [6.45, 7) is -0.785. The van der Waals surface area contributed by atoms with Crippen molar-refractivity contribution in [2.45, 2.75) is 12.8 Å². The lowest BCUT2D eigenvalue weighted by Gasteiger charge is -2.30. The Labute approximate surface area is 197 Å². The van der Waals surface area contributed by atoms with Gasteiger partial charge in [-0.3, -0.25) is 39.4 Å². The number of nitro benzene ring substituents is 2. The van der Waals surface area contributed by atoms with Crippen molar-refractivity contribution < 1.29 is 29.0 Å². The molecule has 2 aliphatic rings. The average Bonchev–Trinajstić information content (AvgIpc) is 3.12. The minimum atomic E-state index is -0.971. The molecule has 0 unspecified atom stereocenters. The van der Waals surface area contributed by atoms with Gasteiger partial charge in [0.1, 0.15) is 6.54 Å². The fourth-order valence-corrected chi connectivity index (χ4v) is 4.18. The number of carbonyl (C=O) groups excluding carboxylic acids is 4. The van der Waals surface area contributed by atoms with E-state index in [9.17, 15) is 39.4 Å². The molecule has 12 heteroatoms. The monoisotopic (exact) mass is 478 g/mol. The van der Waals surface area contributed by atoms with E-state index in [1.807, 2.05) is 0 Å². The zero-order valence-electron chi connectivity index (χ0n) is 18.1. The van der Waals surface area contributed by atoms with Gasteiger partial charge in [-0.25, -0.2) is 5.01 Å². The fourth-order valence-electron chi connectivity index (χ4n) is 4.18. The predicted molar refractivity (Wildman–Crippen MR) is 119 cm³/mol. The lowest BCUT2D eigenvalue weighted by molar-refractivity contribution is -0.385. The van der Waals surface area contributed by atoms with Gasteiger partial charge in [0.25, 0.3) is 29.1 Å². The molecule has 0 aromatic heterocycles. The summed E-state index contributed by atoms with van der Waals surface area (Å²) in [6.07, 6.45) is 4.11. The maximum atomic E-state index is 13.4. The first-order chi connectivity index (χ1) is 16.7. The molecule has 1 aliphatic carbocycles. The molecule has 3 amide bonds. The number of non-ortho nitro benzene ring substituents is 2. The fraction of sp³-hybridized carbons (Fsp3) is 0.217. The highest BCUT2D eigenvalue weighted by molar-refractivity contribution is 6.09. The zero-order chi connectivity index (χ0) is 25.3. The van der Waals surface area contributed by atoms with E-state index in [-0.39, 0.29) is 16.8 Å². The highest BCUT2D eigenvalue weighted by atomic mass is 16.6. The molecule has 0 saturated carbocycles. The van der Waals surface area contributed by atoms with Gasteiger partial charge in [-0.15, -0.1) is 0 Å². The Bertz CT molecular complexity index is 1280. The van der Waals surface area contributed by atoms with E-state index in [2.05, 4.69) is 0 Å². The molecule has 1 heterocycles. The molecule has 0 N–H and O–H groups in total. The number of fused-ring (bicyclic) bond motifs is 1. The molecular formula is C23H18N4O8. The number of Topliss-reactive ketones (excluding diaryl/α,β-unsaturated/α-hetero) is 1. The van der Waals surface area contributed by atoms with Crippen LogP contribution in [-0.2, 0) is 9.59 Å². The molecule has 35 heavy (non-hydrogen) atoms. The Morgan fingerprint density at radius 1 is 0.857 bits per heavy atom. The van der Waals surface area contributed by atoms with Crippen LogP contribution in [0.5, 0.6) is 0 Å². The SMILES string of the molecule is O=C(CN(C(=O)c1cccc([N+](=O)[O-])c1)N1C(=O)[C@H]2CC=CC[C@H]2C1=O)c1cccc([N+](=O)[O-])c1. The topological polar surface area (TPSA) is 161 Å². The predicted octanol–water partition coefficient (Wildman–Crippen LogP) is 2.69.